The van der Waals surface area contributed by atoms with Crippen LogP contribution in [0.2, 0.25) is 0 Å². The van der Waals surface area contributed by atoms with Crippen molar-refractivity contribution >= 4 is 0 Å². The van der Waals surface area contributed by atoms with Crippen LogP contribution in [-0.2, 0) is 0 Å². The number of hydrogen-bond acceptors (Lipinski definition) is 3. The van der Waals surface area contributed by atoms with E-state index in [2.05, 4.69) is 16.4 Å². The van der Waals surface area contributed by atoms with Crippen LogP contribution in [0, 0.1) is 0 Å². The molecule has 3 heteroatoms. The zero-order valence-electron chi connectivity index (χ0n) is 8.49. The number of methoxy groups -OCH3 is 1. The molecule has 3 nitrogen and oxygen atoms in total. The fraction of sp³-hybridized carbons (Fsp3) is 0.545. The summed E-state index contributed by atoms with van der Waals surface area (Å²) in [7, 11) is 1.68. The van der Waals surface area contributed by atoms with Crippen LogP contribution in [0.25, 0.3) is 0 Å². The summed E-state index contributed by atoms with van der Waals surface area (Å²) in [5.41, 5.74) is 1.29. The fourth-order valence-corrected chi connectivity index (χ4v) is 1.91. The van der Waals surface area contributed by atoms with Gasteiger partial charge >= 0.3 is 0 Å². The average molecular weight is 192 g/mol. The molecule has 2 heterocycles. The summed E-state index contributed by atoms with van der Waals surface area (Å²) in [4.78, 5) is 4.18. The third-order valence-electron chi connectivity index (χ3n) is 2.74. The highest BCUT2D eigenvalue weighted by molar-refractivity contribution is 5.26. The molecule has 1 aromatic rings. The van der Waals surface area contributed by atoms with Crippen molar-refractivity contribution in [1.29, 1.82) is 0 Å². The Kier molecular flexibility index (Phi) is 2.99. The molecule has 76 valence electrons. The predicted molar refractivity (Wildman–Crippen MR) is 55.6 cm³/mol. The van der Waals surface area contributed by atoms with Gasteiger partial charge in [-0.25, -0.2) is 0 Å². The second-order valence-corrected chi connectivity index (χ2v) is 3.70. The van der Waals surface area contributed by atoms with E-state index in [1.54, 1.807) is 13.3 Å². The number of aromatic nitrogens is 1. The topological polar surface area (TPSA) is 34.1 Å². The summed E-state index contributed by atoms with van der Waals surface area (Å²) in [6.07, 6.45) is 6.20. The van der Waals surface area contributed by atoms with Crippen molar-refractivity contribution in [3.8, 4) is 5.75 Å². The van der Waals surface area contributed by atoms with Crippen LogP contribution >= 0.6 is 0 Å². The second kappa shape index (κ2) is 4.42. The molecule has 0 aromatic carbocycles. The van der Waals surface area contributed by atoms with Gasteiger partial charge in [-0.3, -0.25) is 4.98 Å². The Labute approximate surface area is 84.5 Å². The molecule has 1 atom stereocenters. The van der Waals surface area contributed by atoms with Gasteiger partial charge in [0.15, 0.2) is 0 Å². The molecule has 1 N–H and O–H groups in total. The van der Waals surface area contributed by atoms with Crippen LogP contribution in [0.1, 0.15) is 24.3 Å². The lowest BCUT2D eigenvalue weighted by Gasteiger charge is -2.22. The van der Waals surface area contributed by atoms with E-state index in [1.165, 1.54) is 18.4 Å². The maximum atomic E-state index is 5.16. The smallest absolute Gasteiger partial charge is 0.137 e. The summed E-state index contributed by atoms with van der Waals surface area (Å²) >= 11 is 0. The molecule has 1 saturated heterocycles. The quantitative estimate of drug-likeness (QED) is 0.772. The number of pyridine rings is 1. The van der Waals surface area contributed by atoms with E-state index in [0.29, 0.717) is 5.92 Å². The van der Waals surface area contributed by atoms with Crippen LogP contribution in [0.15, 0.2) is 18.5 Å². The van der Waals surface area contributed by atoms with Crippen LogP contribution < -0.4 is 10.1 Å². The highest BCUT2D eigenvalue weighted by Gasteiger charge is 2.15. The SMILES string of the molecule is COc1cncc([C@@H]2CCCNC2)c1. The predicted octanol–water partition coefficient (Wildman–Crippen LogP) is 1.56. The molecule has 0 unspecified atom stereocenters. The minimum Gasteiger partial charge on any atom is -0.495 e. The van der Waals surface area contributed by atoms with Gasteiger partial charge in [-0.05, 0) is 36.9 Å². The average Bonchev–Trinajstić information content (AvgIpc) is 2.30. The number of rotatable bonds is 2. The van der Waals surface area contributed by atoms with Crippen molar-refractivity contribution in [2.75, 3.05) is 20.2 Å². The van der Waals surface area contributed by atoms with Gasteiger partial charge in [-0.2, -0.15) is 0 Å². The molecular weight excluding hydrogens is 176 g/mol. The summed E-state index contributed by atoms with van der Waals surface area (Å²) in [5.74, 6) is 1.46. The molecule has 14 heavy (non-hydrogen) atoms. The molecule has 0 radical (unpaired) electrons. The Hall–Kier alpha value is -1.09. The highest BCUT2D eigenvalue weighted by atomic mass is 16.5. The lowest BCUT2D eigenvalue weighted by molar-refractivity contribution is 0.409. The van der Waals surface area contributed by atoms with E-state index in [0.717, 1.165) is 18.8 Å². The first-order valence-electron chi connectivity index (χ1n) is 5.10. The minimum absolute atomic E-state index is 0.603. The van der Waals surface area contributed by atoms with Gasteiger partial charge in [0.05, 0.1) is 13.3 Å². The van der Waals surface area contributed by atoms with E-state index in [9.17, 15) is 0 Å². The Morgan fingerprint density at radius 2 is 2.43 bits per heavy atom. The van der Waals surface area contributed by atoms with Gasteiger partial charge in [0.1, 0.15) is 5.75 Å². The molecule has 0 aliphatic carbocycles. The minimum atomic E-state index is 0.603. The van der Waals surface area contributed by atoms with Gasteiger partial charge in [0.25, 0.3) is 0 Å². The van der Waals surface area contributed by atoms with E-state index < -0.39 is 0 Å². The Morgan fingerprint density at radius 3 is 3.14 bits per heavy atom. The molecule has 0 amide bonds. The van der Waals surface area contributed by atoms with Crippen molar-refractivity contribution in [2.45, 2.75) is 18.8 Å². The Bertz CT molecular complexity index is 295. The van der Waals surface area contributed by atoms with Gasteiger partial charge in [0, 0.05) is 12.7 Å². The number of ether oxygens (including phenoxy) is 1. The molecule has 1 aromatic heterocycles. The maximum Gasteiger partial charge on any atom is 0.137 e. The van der Waals surface area contributed by atoms with Crippen molar-refractivity contribution < 1.29 is 4.74 Å². The molecule has 0 spiro atoms. The first kappa shape index (κ1) is 9.46. The molecule has 1 aliphatic heterocycles. The number of nitrogens with one attached hydrogen (secondary N) is 1. The largest absolute Gasteiger partial charge is 0.495 e. The lowest BCUT2D eigenvalue weighted by atomic mass is 9.93. The van der Waals surface area contributed by atoms with E-state index in [1.807, 2.05) is 6.20 Å². The van der Waals surface area contributed by atoms with E-state index >= 15 is 0 Å². The lowest BCUT2D eigenvalue weighted by Crippen LogP contribution is -2.28. The summed E-state index contributed by atoms with van der Waals surface area (Å²) in [5, 5.41) is 3.40. The monoisotopic (exact) mass is 192 g/mol. The van der Waals surface area contributed by atoms with Crippen LogP contribution in [-0.4, -0.2) is 25.2 Å². The zero-order valence-corrected chi connectivity index (χ0v) is 8.49. The number of nitrogens with zero attached hydrogens (tertiary/aromatic N) is 1. The number of piperidine rings is 1. The fourth-order valence-electron chi connectivity index (χ4n) is 1.91. The standard InChI is InChI=1S/C11H16N2O/c1-14-11-5-10(7-13-8-11)9-3-2-4-12-6-9/h5,7-9,12H,2-4,6H2,1H3/t9-/m1/s1. The van der Waals surface area contributed by atoms with Crippen molar-refractivity contribution in [3.05, 3.63) is 24.0 Å². The Balaban J connectivity index is 2.13. The first-order valence-corrected chi connectivity index (χ1v) is 5.10. The zero-order chi connectivity index (χ0) is 9.80. The van der Waals surface area contributed by atoms with Crippen LogP contribution in [0.4, 0.5) is 0 Å². The van der Waals surface area contributed by atoms with Crippen LogP contribution in [0.3, 0.4) is 0 Å². The van der Waals surface area contributed by atoms with E-state index in [4.69, 9.17) is 4.74 Å². The molecular formula is C11H16N2O. The second-order valence-electron chi connectivity index (χ2n) is 3.70. The third kappa shape index (κ3) is 2.04. The van der Waals surface area contributed by atoms with Gasteiger partial charge in [0.2, 0.25) is 0 Å². The normalized spacial score (nSPS) is 21.9. The Morgan fingerprint density at radius 1 is 1.50 bits per heavy atom. The summed E-state index contributed by atoms with van der Waals surface area (Å²) < 4.78 is 5.16. The van der Waals surface area contributed by atoms with Crippen LogP contribution in [0.5, 0.6) is 5.75 Å². The van der Waals surface area contributed by atoms with Gasteiger partial charge in [-0.15, -0.1) is 0 Å². The molecule has 1 aliphatic rings. The summed E-state index contributed by atoms with van der Waals surface area (Å²) in [6.45, 7) is 2.21. The molecule has 0 bridgehead atoms. The van der Waals surface area contributed by atoms with Gasteiger partial charge < -0.3 is 10.1 Å². The molecule has 2 rings (SSSR count). The third-order valence-corrected chi connectivity index (χ3v) is 2.74. The first-order chi connectivity index (χ1) is 6.90. The maximum absolute atomic E-state index is 5.16. The summed E-state index contributed by atoms with van der Waals surface area (Å²) in [6, 6.07) is 2.09. The number of hydrogen-bond donors (Lipinski definition) is 1. The van der Waals surface area contributed by atoms with Gasteiger partial charge in [-0.1, -0.05) is 0 Å². The molecule has 1 fully saturated rings. The van der Waals surface area contributed by atoms with E-state index in [-0.39, 0.29) is 0 Å². The highest BCUT2D eigenvalue weighted by Crippen LogP contribution is 2.24. The van der Waals surface area contributed by atoms with Crippen molar-refractivity contribution in [1.82, 2.24) is 10.3 Å². The molecule has 0 saturated carbocycles. The van der Waals surface area contributed by atoms with Crippen molar-refractivity contribution in [2.24, 2.45) is 0 Å². The van der Waals surface area contributed by atoms with Crippen molar-refractivity contribution in [3.63, 3.8) is 0 Å².